The molecule has 7 nitrogen and oxygen atoms in total. The Balaban J connectivity index is 1.90. The molecule has 156 valence electrons. The molecule has 0 N–H and O–H groups in total. The summed E-state index contributed by atoms with van der Waals surface area (Å²) in [5, 5.41) is 0. The molecule has 1 aromatic heterocycles. The number of anilines is 1. The Morgan fingerprint density at radius 1 is 1.24 bits per heavy atom. The van der Waals surface area contributed by atoms with Gasteiger partial charge in [-0.1, -0.05) is 6.92 Å². The van der Waals surface area contributed by atoms with Crippen molar-refractivity contribution in [3.05, 3.63) is 48.3 Å². The second-order valence-electron chi connectivity index (χ2n) is 7.70. The molecule has 3 rings (SSSR count). The lowest BCUT2D eigenvalue weighted by atomic mass is 10.1. The van der Waals surface area contributed by atoms with Crippen molar-refractivity contribution in [2.45, 2.75) is 44.6 Å². The summed E-state index contributed by atoms with van der Waals surface area (Å²) in [6.07, 6.45) is 3.99. The number of aromatic nitrogens is 1. The lowest BCUT2D eigenvalue weighted by molar-refractivity contribution is -0.117. The minimum atomic E-state index is -3.71. The SMILES string of the molecule is CCN(CCc1ccncc1)S(=O)(=O)c1ccc2c(c1)N(C(C)=O)CC(C)(C)O2. The number of hydrogen-bond donors (Lipinski definition) is 0. The third-order valence-electron chi connectivity index (χ3n) is 4.92. The highest BCUT2D eigenvalue weighted by Crippen LogP contribution is 2.39. The number of carbonyl (C=O) groups excluding carboxylic acids is 1. The van der Waals surface area contributed by atoms with E-state index in [0.29, 0.717) is 37.5 Å². The van der Waals surface area contributed by atoms with E-state index in [0.717, 1.165) is 5.56 Å². The van der Waals surface area contributed by atoms with Crippen LogP contribution in [0.25, 0.3) is 0 Å². The molecule has 0 spiro atoms. The maximum atomic E-state index is 13.2. The number of pyridine rings is 1. The minimum absolute atomic E-state index is 0.151. The summed E-state index contributed by atoms with van der Waals surface area (Å²) < 4.78 is 33.9. The van der Waals surface area contributed by atoms with Crippen LogP contribution in [-0.4, -0.2) is 48.8 Å². The van der Waals surface area contributed by atoms with Crippen LogP contribution in [0.3, 0.4) is 0 Å². The number of sulfonamides is 1. The standard InChI is InChI=1S/C21H27N3O4S/c1-5-23(13-10-17-8-11-22-12-9-17)29(26,27)18-6-7-20-19(14-18)24(16(2)25)15-21(3,4)28-20/h6-9,11-12,14H,5,10,13,15H2,1-4H3. The number of amides is 1. The van der Waals surface area contributed by atoms with Gasteiger partial charge in [0.05, 0.1) is 17.1 Å². The fourth-order valence-electron chi connectivity index (χ4n) is 3.43. The highest BCUT2D eigenvalue weighted by Gasteiger charge is 2.35. The molecule has 0 aliphatic carbocycles. The van der Waals surface area contributed by atoms with Crippen LogP contribution < -0.4 is 9.64 Å². The number of nitrogens with zero attached hydrogens (tertiary/aromatic N) is 3. The highest BCUT2D eigenvalue weighted by molar-refractivity contribution is 7.89. The normalized spacial score (nSPS) is 15.7. The highest BCUT2D eigenvalue weighted by atomic mass is 32.2. The van der Waals surface area contributed by atoms with Gasteiger partial charge in [0.2, 0.25) is 15.9 Å². The fraction of sp³-hybridized carbons (Fsp3) is 0.429. The fourth-order valence-corrected chi connectivity index (χ4v) is 4.90. The van der Waals surface area contributed by atoms with Crippen LogP contribution in [0.5, 0.6) is 5.75 Å². The number of likely N-dealkylation sites (N-methyl/N-ethyl adjacent to an activating group) is 1. The second-order valence-corrected chi connectivity index (χ2v) is 9.64. The van der Waals surface area contributed by atoms with Gasteiger partial charge in [-0.2, -0.15) is 4.31 Å². The first-order chi connectivity index (χ1) is 13.6. The molecule has 1 aromatic carbocycles. The number of hydrogen-bond acceptors (Lipinski definition) is 5. The van der Waals surface area contributed by atoms with Crippen LogP contribution in [0.4, 0.5) is 5.69 Å². The molecule has 8 heteroatoms. The Kier molecular flexibility index (Phi) is 5.95. The van der Waals surface area contributed by atoms with Gasteiger partial charge in [-0.15, -0.1) is 0 Å². The van der Waals surface area contributed by atoms with E-state index >= 15 is 0 Å². The maximum Gasteiger partial charge on any atom is 0.243 e. The first-order valence-electron chi connectivity index (χ1n) is 9.64. The van der Waals surface area contributed by atoms with Gasteiger partial charge in [0.1, 0.15) is 11.4 Å². The van der Waals surface area contributed by atoms with Crippen molar-refractivity contribution < 1.29 is 17.9 Å². The molecule has 1 aliphatic rings. The van der Waals surface area contributed by atoms with E-state index in [1.165, 1.54) is 17.3 Å². The van der Waals surface area contributed by atoms with Crippen molar-refractivity contribution in [1.82, 2.24) is 9.29 Å². The van der Waals surface area contributed by atoms with Gasteiger partial charge < -0.3 is 9.64 Å². The number of fused-ring (bicyclic) bond motifs is 1. The first kappa shape index (κ1) is 21.3. The lowest BCUT2D eigenvalue weighted by Crippen LogP contribution is -2.48. The summed E-state index contributed by atoms with van der Waals surface area (Å²) in [5.74, 6) is 0.359. The second kappa shape index (κ2) is 8.12. The molecule has 0 unspecified atom stereocenters. The Morgan fingerprint density at radius 3 is 2.55 bits per heavy atom. The third kappa shape index (κ3) is 4.59. The summed E-state index contributed by atoms with van der Waals surface area (Å²) in [5.41, 5.74) is 0.972. The zero-order valence-electron chi connectivity index (χ0n) is 17.3. The van der Waals surface area contributed by atoms with Crippen molar-refractivity contribution in [2.75, 3.05) is 24.5 Å². The molecule has 2 aromatic rings. The average Bonchev–Trinajstić information content (AvgIpc) is 2.67. The van der Waals surface area contributed by atoms with Gasteiger partial charge in [-0.05, 0) is 56.2 Å². The topological polar surface area (TPSA) is 79.8 Å². The van der Waals surface area contributed by atoms with Crippen molar-refractivity contribution >= 4 is 21.6 Å². The molecule has 0 atom stereocenters. The predicted molar refractivity (Wildman–Crippen MR) is 112 cm³/mol. The van der Waals surface area contributed by atoms with Gasteiger partial charge in [-0.3, -0.25) is 9.78 Å². The summed E-state index contributed by atoms with van der Waals surface area (Å²) >= 11 is 0. The molecule has 1 amide bonds. The summed E-state index contributed by atoms with van der Waals surface area (Å²) in [6.45, 7) is 8.15. The summed E-state index contributed by atoms with van der Waals surface area (Å²) in [6, 6.07) is 8.47. The number of rotatable bonds is 6. The Hall–Kier alpha value is -2.45. The molecule has 2 heterocycles. The van der Waals surface area contributed by atoms with Gasteiger partial charge in [0.25, 0.3) is 0 Å². The Bertz CT molecular complexity index is 990. The molecule has 0 bridgehead atoms. The number of benzene rings is 1. The van der Waals surface area contributed by atoms with Crippen LogP contribution in [0, 0.1) is 0 Å². The zero-order valence-corrected chi connectivity index (χ0v) is 18.1. The van der Waals surface area contributed by atoms with Crippen LogP contribution in [0.1, 0.15) is 33.3 Å². The smallest absolute Gasteiger partial charge is 0.243 e. The molecule has 1 aliphatic heterocycles. The first-order valence-corrected chi connectivity index (χ1v) is 11.1. The van der Waals surface area contributed by atoms with Gasteiger partial charge in [0.15, 0.2) is 0 Å². The van der Waals surface area contributed by atoms with Crippen LogP contribution in [0.15, 0.2) is 47.6 Å². The molecule has 0 radical (unpaired) electrons. The maximum absolute atomic E-state index is 13.2. The van der Waals surface area contributed by atoms with Gasteiger partial charge in [0, 0.05) is 32.4 Å². The van der Waals surface area contributed by atoms with E-state index in [9.17, 15) is 13.2 Å². The van der Waals surface area contributed by atoms with Crippen LogP contribution in [-0.2, 0) is 21.2 Å². The van der Waals surface area contributed by atoms with E-state index in [4.69, 9.17) is 4.74 Å². The van der Waals surface area contributed by atoms with Crippen molar-refractivity contribution in [2.24, 2.45) is 0 Å². The molecule has 29 heavy (non-hydrogen) atoms. The molecule has 0 saturated heterocycles. The van der Waals surface area contributed by atoms with Crippen LogP contribution in [0.2, 0.25) is 0 Å². The van der Waals surface area contributed by atoms with E-state index in [1.54, 1.807) is 29.4 Å². The lowest BCUT2D eigenvalue weighted by Gasteiger charge is -2.39. The van der Waals surface area contributed by atoms with E-state index in [1.807, 2.05) is 32.9 Å². The van der Waals surface area contributed by atoms with Gasteiger partial charge in [-0.25, -0.2) is 8.42 Å². The summed E-state index contributed by atoms with van der Waals surface area (Å²) in [7, 11) is -3.71. The zero-order chi connectivity index (χ0) is 21.2. The van der Waals surface area contributed by atoms with Crippen molar-refractivity contribution in [1.29, 1.82) is 0 Å². The predicted octanol–water partition coefficient (Wildman–Crippen LogP) is 2.86. The van der Waals surface area contributed by atoms with E-state index in [2.05, 4.69) is 4.98 Å². The third-order valence-corrected chi connectivity index (χ3v) is 6.89. The largest absolute Gasteiger partial charge is 0.484 e. The monoisotopic (exact) mass is 417 g/mol. The van der Waals surface area contributed by atoms with E-state index in [-0.39, 0.29) is 10.8 Å². The van der Waals surface area contributed by atoms with Crippen molar-refractivity contribution in [3.63, 3.8) is 0 Å². The number of carbonyl (C=O) groups is 1. The molecular formula is C21H27N3O4S. The number of ether oxygens (including phenoxy) is 1. The molecule has 0 fully saturated rings. The quantitative estimate of drug-likeness (QED) is 0.722. The Labute approximate surface area is 172 Å². The van der Waals surface area contributed by atoms with Gasteiger partial charge >= 0.3 is 0 Å². The minimum Gasteiger partial charge on any atom is -0.484 e. The average molecular weight is 418 g/mol. The van der Waals surface area contributed by atoms with Crippen molar-refractivity contribution in [3.8, 4) is 5.75 Å². The van der Waals surface area contributed by atoms with E-state index < -0.39 is 15.6 Å². The molecule has 0 saturated carbocycles. The Morgan fingerprint density at radius 2 is 1.93 bits per heavy atom. The van der Waals surface area contributed by atoms with Crippen LogP contribution >= 0.6 is 0 Å². The molecular weight excluding hydrogens is 390 g/mol. The summed E-state index contributed by atoms with van der Waals surface area (Å²) in [4.78, 5) is 17.9.